The van der Waals surface area contributed by atoms with Gasteiger partial charge in [-0.25, -0.2) is 15.0 Å². The highest BCUT2D eigenvalue weighted by molar-refractivity contribution is 6.14. The van der Waals surface area contributed by atoms with Crippen LogP contribution in [0.5, 0.6) is 0 Å². The Kier molecular flexibility index (Phi) is 10.8. The Balaban J connectivity index is 0.849. The molecule has 0 amide bonds. The van der Waals surface area contributed by atoms with Crippen LogP contribution in [0.4, 0.5) is 0 Å². The maximum absolute atomic E-state index is 5.03. The molecule has 0 bridgehead atoms. The van der Waals surface area contributed by atoms with Crippen LogP contribution >= 0.6 is 0 Å². The quantitative estimate of drug-likeness (QED) is 0.145. The Hall–Kier alpha value is -11.0. The first-order valence-electron chi connectivity index (χ1n) is 27.5. The zero-order valence-corrected chi connectivity index (χ0v) is 43.9. The van der Waals surface area contributed by atoms with E-state index in [0.717, 1.165) is 78.1 Å². The van der Waals surface area contributed by atoms with Crippen LogP contribution < -0.4 is 0 Å². The lowest BCUT2D eigenvalue weighted by Crippen LogP contribution is -2.00. The monoisotopic (exact) mass is 1030 g/mol. The molecule has 0 saturated carbocycles. The molecule has 0 N–H and O–H groups in total. The van der Waals surface area contributed by atoms with Gasteiger partial charge in [-0.15, -0.1) is 0 Å². The zero-order chi connectivity index (χ0) is 53.4. The summed E-state index contributed by atoms with van der Waals surface area (Å²) in [7, 11) is 0. The maximum atomic E-state index is 5.03. The molecule has 16 aromatic rings. The van der Waals surface area contributed by atoms with Gasteiger partial charge >= 0.3 is 0 Å². The topological polar surface area (TPSA) is 53.5 Å². The van der Waals surface area contributed by atoms with E-state index >= 15 is 0 Å². The third-order valence-electron chi connectivity index (χ3n) is 16.1. The molecule has 16 rings (SSSR count). The fourth-order valence-electron chi connectivity index (χ4n) is 12.3. The molecule has 0 radical (unpaired) electrons. The van der Waals surface area contributed by atoms with Crippen molar-refractivity contribution in [3.05, 3.63) is 291 Å². The van der Waals surface area contributed by atoms with Crippen LogP contribution in [0.3, 0.4) is 0 Å². The molecule has 378 valence electrons. The highest BCUT2D eigenvalue weighted by Gasteiger charge is 2.21. The van der Waals surface area contributed by atoms with Crippen molar-refractivity contribution in [3.63, 3.8) is 0 Å². The Labute approximate surface area is 467 Å². The Morgan fingerprint density at radius 2 is 0.543 bits per heavy atom. The molecule has 4 heterocycles. The fraction of sp³-hybridized carbons (Fsp3) is 0. The third-order valence-corrected chi connectivity index (χ3v) is 16.1. The van der Waals surface area contributed by atoms with E-state index in [2.05, 4.69) is 244 Å². The summed E-state index contributed by atoms with van der Waals surface area (Å²) >= 11 is 0. The molecule has 81 heavy (non-hydrogen) atoms. The number of rotatable bonds is 9. The Morgan fingerprint density at radius 1 is 0.198 bits per heavy atom. The predicted molar refractivity (Wildman–Crippen MR) is 335 cm³/mol. The Morgan fingerprint density at radius 3 is 1.10 bits per heavy atom. The second kappa shape index (κ2) is 18.9. The number of hydrogen-bond acceptors (Lipinski definition) is 3. The third kappa shape index (κ3) is 7.76. The smallest absolute Gasteiger partial charge is 0.164 e. The molecule has 6 heteroatoms. The van der Waals surface area contributed by atoms with Crippen LogP contribution in [-0.2, 0) is 0 Å². The molecule has 0 spiro atoms. The molecular weight excluding hydrogens is 985 g/mol. The van der Waals surface area contributed by atoms with Gasteiger partial charge in [0.05, 0.1) is 38.8 Å². The summed E-state index contributed by atoms with van der Waals surface area (Å²) in [5.74, 6) is 1.90. The predicted octanol–water partition coefficient (Wildman–Crippen LogP) is 19.2. The van der Waals surface area contributed by atoms with Gasteiger partial charge in [0.15, 0.2) is 17.5 Å². The van der Waals surface area contributed by atoms with Gasteiger partial charge in [-0.1, -0.05) is 218 Å². The van der Waals surface area contributed by atoms with Crippen LogP contribution in [0.25, 0.3) is 150 Å². The molecule has 0 saturated heterocycles. The van der Waals surface area contributed by atoms with E-state index in [-0.39, 0.29) is 0 Å². The number of fused-ring (bicyclic) bond motifs is 9. The molecule has 0 unspecified atom stereocenters. The molecule has 12 aromatic carbocycles. The van der Waals surface area contributed by atoms with Gasteiger partial charge in [-0.2, -0.15) is 0 Å². The largest absolute Gasteiger partial charge is 0.309 e. The molecule has 0 aliphatic heterocycles. The normalized spacial score (nSPS) is 11.7. The molecule has 0 fully saturated rings. The standard InChI is InChI=1S/C75H48N6/c1-5-19-50(20-6-1)73-76-74(51-21-7-2-8-22-51)78-75(77-73)52-35-33-49(34-36-52)54-37-41-59(70(46-54)81-67-31-17-13-27-60(67)61-28-14-18-32-68(61)81)56-39-43-64-63-42-38-55(47-71(63)80(72(64)48-56)58-25-11-4-12-26-58)53-40-44-69-65(45-53)62-29-15-16-30-66(62)79(69)57-23-9-3-10-24-57/h1-48H. The molecular formula is C75H48N6. The van der Waals surface area contributed by atoms with E-state index in [1.54, 1.807) is 0 Å². The van der Waals surface area contributed by atoms with Gasteiger partial charge in [0, 0.05) is 65.9 Å². The lowest BCUT2D eigenvalue weighted by Gasteiger charge is -2.17. The summed E-state index contributed by atoms with van der Waals surface area (Å²) in [6, 6.07) is 105. The molecule has 0 atom stereocenters. The minimum Gasteiger partial charge on any atom is -0.309 e. The van der Waals surface area contributed by atoms with Gasteiger partial charge in [0.2, 0.25) is 0 Å². The molecule has 0 aliphatic rings. The fourth-order valence-corrected chi connectivity index (χ4v) is 12.3. The van der Waals surface area contributed by atoms with Crippen molar-refractivity contribution in [2.24, 2.45) is 0 Å². The van der Waals surface area contributed by atoms with Crippen molar-refractivity contribution < 1.29 is 0 Å². The van der Waals surface area contributed by atoms with Gasteiger partial charge in [-0.3, -0.25) is 0 Å². The lowest BCUT2D eigenvalue weighted by atomic mass is 9.96. The van der Waals surface area contributed by atoms with Crippen molar-refractivity contribution in [2.45, 2.75) is 0 Å². The van der Waals surface area contributed by atoms with Crippen LogP contribution in [0.15, 0.2) is 291 Å². The minimum atomic E-state index is 0.625. The molecule has 4 aromatic heterocycles. The van der Waals surface area contributed by atoms with E-state index in [4.69, 9.17) is 15.0 Å². The lowest BCUT2D eigenvalue weighted by molar-refractivity contribution is 1.07. The summed E-state index contributed by atoms with van der Waals surface area (Å²) in [5, 5.41) is 7.31. The van der Waals surface area contributed by atoms with Crippen molar-refractivity contribution in [2.75, 3.05) is 0 Å². The van der Waals surface area contributed by atoms with Crippen LogP contribution in [-0.4, -0.2) is 28.7 Å². The van der Waals surface area contributed by atoms with Gasteiger partial charge < -0.3 is 13.7 Å². The highest BCUT2D eigenvalue weighted by Crippen LogP contribution is 2.43. The maximum Gasteiger partial charge on any atom is 0.164 e. The van der Waals surface area contributed by atoms with Crippen molar-refractivity contribution in [1.82, 2.24) is 28.7 Å². The van der Waals surface area contributed by atoms with E-state index in [1.807, 2.05) is 60.7 Å². The first kappa shape index (κ1) is 46.2. The van der Waals surface area contributed by atoms with Gasteiger partial charge in [-0.05, 0) is 101 Å². The second-order valence-corrected chi connectivity index (χ2v) is 20.8. The van der Waals surface area contributed by atoms with E-state index < -0.39 is 0 Å². The van der Waals surface area contributed by atoms with Gasteiger partial charge in [0.1, 0.15) is 0 Å². The average Bonchev–Trinajstić information content (AvgIpc) is 4.34. The van der Waals surface area contributed by atoms with Crippen molar-refractivity contribution in [1.29, 1.82) is 0 Å². The first-order valence-corrected chi connectivity index (χ1v) is 27.5. The van der Waals surface area contributed by atoms with E-state index in [9.17, 15) is 0 Å². The number of aromatic nitrogens is 6. The van der Waals surface area contributed by atoms with Crippen LogP contribution in [0.1, 0.15) is 0 Å². The number of para-hydroxylation sites is 5. The van der Waals surface area contributed by atoms with Crippen LogP contribution in [0, 0.1) is 0 Å². The van der Waals surface area contributed by atoms with Crippen molar-refractivity contribution >= 4 is 65.4 Å². The van der Waals surface area contributed by atoms with E-state index in [0.29, 0.717) is 17.5 Å². The number of benzene rings is 12. The Bertz CT molecular complexity index is 4970. The minimum absolute atomic E-state index is 0.625. The summed E-state index contributed by atoms with van der Waals surface area (Å²) < 4.78 is 7.28. The van der Waals surface area contributed by atoms with E-state index in [1.165, 1.54) is 54.5 Å². The SMILES string of the molecule is c1ccc(-c2nc(-c3ccccc3)nc(-c3ccc(-c4ccc(-c5ccc6c7ccc(-c8ccc9c(c8)c8ccccc8n9-c8ccccc8)cc7n(-c7ccccc7)c6c5)c(-n5c6ccccc6c6ccccc65)c4)cc3)n2)cc1. The average molecular weight is 1030 g/mol. The zero-order valence-electron chi connectivity index (χ0n) is 43.9. The summed E-state index contributed by atoms with van der Waals surface area (Å²) in [6.45, 7) is 0. The summed E-state index contributed by atoms with van der Waals surface area (Å²) in [4.78, 5) is 15.0. The number of hydrogen-bond donors (Lipinski definition) is 0. The molecule has 0 aliphatic carbocycles. The molecule has 6 nitrogen and oxygen atoms in total. The highest BCUT2D eigenvalue weighted by atomic mass is 15.0. The first-order chi connectivity index (χ1) is 40.2. The second-order valence-electron chi connectivity index (χ2n) is 20.8. The van der Waals surface area contributed by atoms with Crippen LogP contribution in [0.2, 0.25) is 0 Å². The summed E-state index contributed by atoms with van der Waals surface area (Å²) in [6.07, 6.45) is 0. The number of nitrogens with zero attached hydrogens (tertiary/aromatic N) is 6. The van der Waals surface area contributed by atoms with Crippen molar-refractivity contribution in [3.8, 4) is 84.6 Å². The summed E-state index contributed by atoms with van der Waals surface area (Å²) in [5.41, 5.74) is 19.9. The van der Waals surface area contributed by atoms with Gasteiger partial charge in [0.25, 0.3) is 0 Å².